The van der Waals surface area contributed by atoms with E-state index in [0.717, 1.165) is 25.6 Å². The molecule has 0 amide bonds. The lowest BCUT2D eigenvalue weighted by Crippen LogP contribution is -2.28. The predicted molar refractivity (Wildman–Crippen MR) is 102 cm³/mol. The molecule has 3 heteroatoms. The van der Waals surface area contributed by atoms with Crippen LogP contribution in [0.3, 0.4) is 0 Å². The van der Waals surface area contributed by atoms with Gasteiger partial charge in [0, 0.05) is 6.54 Å². The smallest absolute Gasteiger partial charge is 0.0720 e. The largest absolute Gasteiger partial charge is 0.374 e. The van der Waals surface area contributed by atoms with Crippen molar-refractivity contribution in [2.75, 3.05) is 6.54 Å². The molecule has 130 valence electrons. The molecule has 0 saturated heterocycles. The second-order valence-electron chi connectivity index (χ2n) is 6.56. The van der Waals surface area contributed by atoms with Crippen molar-refractivity contribution in [3.8, 4) is 0 Å². The Labute approximate surface area is 152 Å². The summed E-state index contributed by atoms with van der Waals surface area (Å²) in [5.41, 5.74) is 2.64. The third-order valence-electron chi connectivity index (χ3n) is 4.73. The molecule has 1 fully saturated rings. The van der Waals surface area contributed by atoms with Gasteiger partial charge in [0.05, 0.1) is 12.7 Å². The van der Waals surface area contributed by atoms with Gasteiger partial charge >= 0.3 is 0 Å². The van der Waals surface area contributed by atoms with Gasteiger partial charge < -0.3 is 10.1 Å². The minimum Gasteiger partial charge on any atom is -0.374 e. The number of benzene rings is 2. The molecule has 0 unspecified atom stereocenters. The Bertz CT molecular complexity index is 553. The van der Waals surface area contributed by atoms with Crippen molar-refractivity contribution in [1.82, 2.24) is 5.32 Å². The van der Waals surface area contributed by atoms with Crippen LogP contribution in [0.25, 0.3) is 0 Å². The highest BCUT2D eigenvalue weighted by Gasteiger charge is 2.21. The summed E-state index contributed by atoms with van der Waals surface area (Å²) < 4.78 is 6.07. The highest BCUT2D eigenvalue weighted by molar-refractivity contribution is 5.85. The Morgan fingerprint density at radius 1 is 0.792 bits per heavy atom. The lowest BCUT2D eigenvalue weighted by molar-refractivity contribution is 0.00720. The maximum atomic E-state index is 6.07. The molecule has 0 spiro atoms. The monoisotopic (exact) mass is 345 g/mol. The van der Waals surface area contributed by atoms with Crippen LogP contribution in [-0.2, 0) is 17.9 Å². The molecule has 0 atom stereocenters. The van der Waals surface area contributed by atoms with Crippen molar-refractivity contribution in [2.24, 2.45) is 5.92 Å². The number of halogens is 1. The van der Waals surface area contributed by atoms with Gasteiger partial charge in [-0.3, -0.25) is 0 Å². The molecule has 0 aromatic heterocycles. The maximum Gasteiger partial charge on any atom is 0.0720 e. The van der Waals surface area contributed by atoms with Gasteiger partial charge in [0.15, 0.2) is 0 Å². The first-order valence-corrected chi connectivity index (χ1v) is 8.80. The molecule has 1 N–H and O–H groups in total. The van der Waals surface area contributed by atoms with Gasteiger partial charge in [0.1, 0.15) is 0 Å². The third kappa shape index (κ3) is 6.27. The van der Waals surface area contributed by atoms with Crippen LogP contribution < -0.4 is 5.32 Å². The Hall–Kier alpha value is -1.35. The van der Waals surface area contributed by atoms with Crippen molar-refractivity contribution in [2.45, 2.75) is 44.9 Å². The first-order valence-electron chi connectivity index (χ1n) is 8.80. The van der Waals surface area contributed by atoms with E-state index in [-0.39, 0.29) is 12.4 Å². The molecule has 3 rings (SSSR count). The molecular weight excluding hydrogens is 318 g/mol. The normalized spacial score (nSPS) is 20.3. The lowest BCUT2D eigenvalue weighted by Gasteiger charge is -2.28. The topological polar surface area (TPSA) is 21.3 Å². The number of rotatable bonds is 7. The summed E-state index contributed by atoms with van der Waals surface area (Å²) in [7, 11) is 0. The summed E-state index contributed by atoms with van der Waals surface area (Å²) in [5, 5.41) is 3.60. The van der Waals surface area contributed by atoms with Crippen LogP contribution in [0.2, 0.25) is 0 Å². The number of ether oxygens (including phenoxy) is 1. The van der Waals surface area contributed by atoms with Gasteiger partial charge in [-0.15, -0.1) is 12.4 Å². The van der Waals surface area contributed by atoms with Gasteiger partial charge in [0.25, 0.3) is 0 Å². The van der Waals surface area contributed by atoms with Gasteiger partial charge in [-0.05, 0) is 49.3 Å². The highest BCUT2D eigenvalue weighted by atomic mass is 35.5. The van der Waals surface area contributed by atoms with E-state index in [4.69, 9.17) is 4.74 Å². The van der Waals surface area contributed by atoms with Crippen molar-refractivity contribution in [3.05, 3.63) is 71.8 Å². The molecule has 1 aliphatic rings. The molecule has 1 saturated carbocycles. The molecule has 0 bridgehead atoms. The third-order valence-corrected chi connectivity index (χ3v) is 4.73. The quantitative estimate of drug-likeness (QED) is 0.764. The fraction of sp³-hybridized carbons (Fsp3) is 0.429. The fourth-order valence-electron chi connectivity index (χ4n) is 3.31. The van der Waals surface area contributed by atoms with Crippen molar-refractivity contribution in [1.29, 1.82) is 0 Å². The van der Waals surface area contributed by atoms with Crippen LogP contribution in [0.4, 0.5) is 0 Å². The van der Waals surface area contributed by atoms with Crippen LogP contribution >= 0.6 is 12.4 Å². The summed E-state index contributed by atoms with van der Waals surface area (Å²) >= 11 is 0. The summed E-state index contributed by atoms with van der Waals surface area (Å²) in [4.78, 5) is 0. The van der Waals surface area contributed by atoms with Crippen LogP contribution in [0, 0.1) is 5.92 Å². The molecule has 24 heavy (non-hydrogen) atoms. The van der Waals surface area contributed by atoms with Crippen LogP contribution in [0.5, 0.6) is 0 Å². The molecule has 1 aliphatic carbocycles. The van der Waals surface area contributed by atoms with Crippen LogP contribution in [-0.4, -0.2) is 12.6 Å². The Kier molecular flexibility index (Phi) is 8.31. The summed E-state index contributed by atoms with van der Waals surface area (Å²) in [6, 6.07) is 21.1. The van der Waals surface area contributed by atoms with E-state index in [2.05, 4.69) is 66.0 Å². The van der Waals surface area contributed by atoms with E-state index >= 15 is 0 Å². The molecule has 0 aliphatic heterocycles. The van der Waals surface area contributed by atoms with Crippen molar-refractivity contribution < 1.29 is 4.74 Å². The summed E-state index contributed by atoms with van der Waals surface area (Å²) in [5.74, 6) is 0.801. The predicted octanol–water partition coefficient (Wildman–Crippen LogP) is 4.97. The van der Waals surface area contributed by atoms with E-state index in [1.807, 2.05) is 0 Å². The van der Waals surface area contributed by atoms with Crippen molar-refractivity contribution >= 4 is 12.4 Å². The standard InChI is InChI=1S/C21H27NO.ClH/c1-3-7-18(8-4-1)15-22-16-19-11-13-21(14-12-19)23-17-20-9-5-2-6-10-20;/h1-10,19,21-22H,11-17H2;1H. The zero-order chi connectivity index (χ0) is 15.7. The van der Waals surface area contributed by atoms with Gasteiger partial charge in [-0.2, -0.15) is 0 Å². The second kappa shape index (κ2) is 10.5. The zero-order valence-corrected chi connectivity index (χ0v) is 15.0. The SMILES string of the molecule is Cl.c1ccc(CNCC2CCC(OCc3ccccc3)CC2)cc1. The fourth-order valence-corrected chi connectivity index (χ4v) is 3.31. The van der Waals surface area contributed by atoms with Gasteiger partial charge in [0.2, 0.25) is 0 Å². The molecule has 0 radical (unpaired) electrons. The number of nitrogens with one attached hydrogen (secondary N) is 1. The summed E-state index contributed by atoms with van der Waals surface area (Å²) in [6.45, 7) is 2.86. The second-order valence-corrected chi connectivity index (χ2v) is 6.56. The van der Waals surface area contributed by atoms with E-state index in [0.29, 0.717) is 6.10 Å². The number of hydrogen-bond acceptors (Lipinski definition) is 2. The molecule has 2 aromatic rings. The average molecular weight is 346 g/mol. The zero-order valence-electron chi connectivity index (χ0n) is 14.2. The lowest BCUT2D eigenvalue weighted by atomic mass is 9.87. The maximum absolute atomic E-state index is 6.07. The first-order chi connectivity index (χ1) is 11.4. The van der Waals surface area contributed by atoms with Gasteiger partial charge in [-0.1, -0.05) is 60.7 Å². The van der Waals surface area contributed by atoms with E-state index in [1.165, 1.54) is 36.8 Å². The van der Waals surface area contributed by atoms with E-state index in [9.17, 15) is 0 Å². The average Bonchev–Trinajstić information content (AvgIpc) is 2.63. The minimum atomic E-state index is 0. The summed E-state index contributed by atoms with van der Waals surface area (Å²) in [6.07, 6.45) is 5.40. The van der Waals surface area contributed by atoms with Crippen molar-refractivity contribution in [3.63, 3.8) is 0 Å². The highest BCUT2D eigenvalue weighted by Crippen LogP contribution is 2.26. The number of hydrogen-bond donors (Lipinski definition) is 1. The molecule has 2 aromatic carbocycles. The van der Waals surface area contributed by atoms with Crippen LogP contribution in [0.15, 0.2) is 60.7 Å². The first kappa shape index (κ1) is 19.0. The molecule has 2 nitrogen and oxygen atoms in total. The van der Waals surface area contributed by atoms with E-state index in [1.54, 1.807) is 0 Å². The Balaban J connectivity index is 0.00000208. The molecule has 0 heterocycles. The minimum absolute atomic E-state index is 0. The van der Waals surface area contributed by atoms with Crippen LogP contribution in [0.1, 0.15) is 36.8 Å². The molecular formula is C21H28ClNO. The Morgan fingerprint density at radius 2 is 1.38 bits per heavy atom. The van der Waals surface area contributed by atoms with Gasteiger partial charge in [-0.25, -0.2) is 0 Å². The Morgan fingerprint density at radius 3 is 2.00 bits per heavy atom. The van der Waals surface area contributed by atoms with E-state index < -0.39 is 0 Å².